The van der Waals surface area contributed by atoms with Crippen LogP contribution in [0.4, 0.5) is 0 Å². The first-order valence-electron chi connectivity index (χ1n) is 5.81. The van der Waals surface area contributed by atoms with Gasteiger partial charge in [-0.1, -0.05) is 36.4 Å². The minimum atomic E-state index is -0.556. The van der Waals surface area contributed by atoms with E-state index in [1.165, 1.54) is 18.1 Å². The molecule has 1 atom stereocenters. The van der Waals surface area contributed by atoms with Crippen molar-refractivity contribution in [2.24, 2.45) is 0 Å². The van der Waals surface area contributed by atoms with E-state index < -0.39 is 6.04 Å². The van der Waals surface area contributed by atoms with Gasteiger partial charge in [0.25, 0.3) is 0 Å². The number of rotatable bonds is 4. The number of carbonyl (C=O) groups is 2. The molecule has 0 radical (unpaired) electrons. The van der Waals surface area contributed by atoms with E-state index in [0.717, 1.165) is 5.56 Å². The van der Waals surface area contributed by atoms with Gasteiger partial charge in [-0.15, -0.1) is 0 Å². The molecule has 0 N–H and O–H groups in total. The molecule has 1 amide bonds. The Balaban J connectivity index is 2.16. The van der Waals surface area contributed by atoms with Crippen LogP contribution in [0.5, 0.6) is 0 Å². The quantitative estimate of drug-likeness (QED) is 0.748. The topological polar surface area (TPSA) is 46.6 Å². The highest BCUT2D eigenvalue weighted by molar-refractivity contribution is 5.93. The number of hydrogen-bond acceptors (Lipinski definition) is 3. The van der Waals surface area contributed by atoms with Gasteiger partial charge in [-0.05, 0) is 5.56 Å². The molecular formula is C14H15NO3. The van der Waals surface area contributed by atoms with Crippen LogP contribution in [-0.4, -0.2) is 36.5 Å². The lowest BCUT2D eigenvalue weighted by Gasteiger charge is -2.25. The second-order valence-corrected chi connectivity index (χ2v) is 4.12. The van der Waals surface area contributed by atoms with Crippen LogP contribution in [0, 0.1) is 0 Å². The Morgan fingerprint density at radius 1 is 1.39 bits per heavy atom. The maximum Gasteiger partial charge on any atom is 0.328 e. The van der Waals surface area contributed by atoms with Crippen molar-refractivity contribution < 1.29 is 14.3 Å². The summed E-state index contributed by atoms with van der Waals surface area (Å²) >= 11 is 0. The van der Waals surface area contributed by atoms with Crippen LogP contribution in [0.15, 0.2) is 42.5 Å². The van der Waals surface area contributed by atoms with Crippen LogP contribution in [0.2, 0.25) is 0 Å². The van der Waals surface area contributed by atoms with Crippen molar-refractivity contribution in [1.29, 1.82) is 0 Å². The maximum absolute atomic E-state index is 11.8. The van der Waals surface area contributed by atoms with Crippen LogP contribution in [-0.2, 0) is 20.7 Å². The number of methoxy groups -OCH3 is 1. The van der Waals surface area contributed by atoms with Crippen LogP contribution in [0.3, 0.4) is 0 Å². The fraction of sp³-hybridized carbons (Fsp3) is 0.286. The largest absolute Gasteiger partial charge is 0.467 e. The zero-order chi connectivity index (χ0) is 13.0. The fourth-order valence-corrected chi connectivity index (χ4v) is 2.03. The first kappa shape index (κ1) is 12.4. The standard InChI is InChI=1S/C14H15NO3/c1-18-14(17)12(15-9-5-8-13(15)16)10-11-6-3-2-4-7-11/h2-8,12H,9-10H2,1H3/t12-/m0/s1. The molecule has 0 spiro atoms. The first-order valence-corrected chi connectivity index (χ1v) is 5.81. The molecule has 1 heterocycles. The lowest BCUT2D eigenvalue weighted by atomic mass is 10.0. The van der Waals surface area contributed by atoms with Crippen LogP contribution < -0.4 is 0 Å². The summed E-state index contributed by atoms with van der Waals surface area (Å²) in [6, 6.07) is 9.05. The third kappa shape index (κ3) is 2.59. The average molecular weight is 245 g/mol. The molecule has 0 aromatic heterocycles. The Labute approximate surface area is 106 Å². The summed E-state index contributed by atoms with van der Waals surface area (Å²) in [5.41, 5.74) is 1.01. The van der Waals surface area contributed by atoms with Gasteiger partial charge in [0.2, 0.25) is 5.91 Å². The van der Waals surface area contributed by atoms with Gasteiger partial charge in [-0.2, -0.15) is 0 Å². The van der Waals surface area contributed by atoms with E-state index in [0.29, 0.717) is 13.0 Å². The van der Waals surface area contributed by atoms with Crippen molar-refractivity contribution >= 4 is 11.9 Å². The minimum Gasteiger partial charge on any atom is -0.467 e. The second-order valence-electron chi connectivity index (χ2n) is 4.12. The summed E-state index contributed by atoms with van der Waals surface area (Å²) < 4.78 is 4.78. The molecular weight excluding hydrogens is 230 g/mol. The predicted molar refractivity (Wildman–Crippen MR) is 66.8 cm³/mol. The zero-order valence-electron chi connectivity index (χ0n) is 10.2. The number of benzene rings is 1. The van der Waals surface area contributed by atoms with Gasteiger partial charge in [0, 0.05) is 19.0 Å². The van der Waals surface area contributed by atoms with Gasteiger partial charge in [0.15, 0.2) is 0 Å². The molecule has 94 valence electrons. The number of hydrogen-bond donors (Lipinski definition) is 0. The van der Waals surface area contributed by atoms with Gasteiger partial charge in [-0.3, -0.25) is 4.79 Å². The highest BCUT2D eigenvalue weighted by Gasteiger charge is 2.31. The summed E-state index contributed by atoms with van der Waals surface area (Å²) in [7, 11) is 1.34. The minimum absolute atomic E-state index is 0.138. The Morgan fingerprint density at radius 2 is 2.11 bits per heavy atom. The van der Waals surface area contributed by atoms with Crippen LogP contribution in [0.25, 0.3) is 0 Å². The van der Waals surface area contributed by atoms with E-state index in [2.05, 4.69) is 0 Å². The summed E-state index contributed by atoms with van der Waals surface area (Å²) in [5.74, 6) is -0.516. The number of nitrogens with zero attached hydrogens (tertiary/aromatic N) is 1. The zero-order valence-corrected chi connectivity index (χ0v) is 10.2. The number of esters is 1. The molecule has 1 aliphatic rings. The van der Waals surface area contributed by atoms with E-state index in [4.69, 9.17) is 4.74 Å². The normalized spacial score (nSPS) is 15.8. The number of amides is 1. The van der Waals surface area contributed by atoms with Gasteiger partial charge in [0.05, 0.1) is 7.11 Å². The smallest absolute Gasteiger partial charge is 0.328 e. The van der Waals surface area contributed by atoms with E-state index in [1.54, 1.807) is 6.08 Å². The van der Waals surface area contributed by atoms with Gasteiger partial charge >= 0.3 is 5.97 Å². The molecule has 0 bridgehead atoms. The first-order chi connectivity index (χ1) is 8.72. The van der Waals surface area contributed by atoms with Gasteiger partial charge < -0.3 is 9.64 Å². The molecule has 1 aromatic rings. The SMILES string of the molecule is COC(=O)[C@H](Cc1ccccc1)N1CC=CC1=O. The lowest BCUT2D eigenvalue weighted by molar-refractivity contribution is -0.150. The van der Waals surface area contributed by atoms with Crippen molar-refractivity contribution in [2.45, 2.75) is 12.5 Å². The second kappa shape index (κ2) is 5.49. The molecule has 0 fully saturated rings. The highest BCUT2D eigenvalue weighted by Crippen LogP contribution is 2.14. The number of ether oxygens (including phenoxy) is 1. The van der Waals surface area contributed by atoms with Crippen molar-refractivity contribution in [3.05, 3.63) is 48.0 Å². The molecule has 0 saturated carbocycles. The molecule has 4 nitrogen and oxygen atoms in total. The Bertz CT molecular complexity index is 467. The van der Waals surface area contributed by atoms with Crippen molar-refractivity contribution in [1.82, 2.24) is 4.90 Å². The fourth-order valence-electron chi connectivity index (χ4n) is 2.03. The Kier molecular flexibility index (Phi) is 3.77. The van der Waals surface area contributed by atoms with Crippen molar-refractivity contribution in [3.8, 4) is 0 Å². The van der Waals surface area contributed by atoms with Crippen LogP contribution >= 0.6 is 0 Å². The molecule has 0 unspecified atom stereocenters. The predicted octanol–water partition coefficient (Wildman–Crippen LogP) is 1.17. The molecule has 18 heavy (non-hydrogen) atoms. The maximum atomic E-state index is 11.8. The molecule has 0 saturated heterocycles. The highest BCUT2D eigenvalue weighted by atomic mass is 16.5. The average Bonchev–Trinajstić information content (AvgIpc) is 2.82. The summed E-state index contributed by atoms with van der Waals surface area (Å²) in [6.45, 7) is 0.464. The lowest BCUT2D eigenvalue weighted by Crippen LogP contribution is -2.44. The van der Waals surface area contributed by atoms with E-state index >= 15 is 0 Å². The molecule has 2 rings (SSSR count). The molecule has 1 aliphatic heterocycles. The Hall–Kier alpha value is -2.10. The van der Waals surface area contributed by atoms with E-state index in [1.807, 2.05) is 30.3 Å². The molecule has 0 aliphatic carbocycles. The third-order valence-electron chi connectivity index (χ3n) is 2.97. The monoisotopic (exact) mass is 245 g/mol. The van der Waals surface area contributed by atoms with Crippen molar-refractivity contribution in [3.63, 3.8) is 0 Å². The summed E-state index contributed by atoms with van der Waals surface area (Å²) in [5, 5.41) is 0. The summed E-state index contributed by atoms with van der Waals surface area (Å²) in [4.78, 5) is 25.0. The van der Waals surface area contributed by atoms with Crippen LogP contribution in [0.1, 0.15) is 5.56 Å². The summed E-state index contributed by atoms with van der Waals surface area (Å²) in [6.07, 6.45) is 3.71. The number of carbonyl (C=O) groups excluding carboxylic acids is 2. The molecule has 1 aromatic carbocycles. The van der Waals surface area contributed by atoms with E-state index in [-0.39, 0.29) is 11.9 Å². The van der Waals surface area contributed by atoms with E-state index in [9.17, 15) is 9.59 Å². The van der Waals surface area contributed by atoms with Crippen molar-refractivity contribution in [2.75, 3.05) is 13.7 Å². The van der Waals surface area contributed by atoms with Gasteiger partial charge in [0.1, 0.15) is 6.04 Å². The Morgan fingerprint density at radius 3 is 2.67 bits per heavy atom. The molecule has 4 heteroatoms. The third-order valence-corrected chi connectivity index (χ3v) is 2.97. The van der Waals surface area contributed by atoms with Gasteiger partial charge in [-0.25, -0.2) is 4.79 Å².